The third-order valence-corrected chi connectivity index (χ3v) is 2.85. The van der Waals surface area contributed by atoms with Gasteiger partial charge in [-0.3, -0.25) is 4.79 Å². The molecule has 0 N–H and O–H groups in total. The van der Waals surface area contributed by atoms with E-state index in [4.69, 9.17) is 9.15 Å². The summed E-state index contributed by atoms with van der Waals surface area (Å²) < 4.78 is 10.8. The monoisotopic (exact) mass is 229 g/mol. The minimum atomic E-state index is -0.0588. The van der Waals surface area contributed by atoms with Crippen LogP contribution in [-0.4, -0.2) is 19.6 Å². The van der Waals surface area contributed by atoms with Gasteiger partial charge in [-0.25, -0.2) is 0 Å². The molecule has 3 rings (SSSR count). The summed E-state index contributed by atoms with van der Waals surface area (Å²) in [6.07, 6.45) is 1.61. The summed E-state index contributed by atoms with van der Waals surface area (Å²) in [7, 11) is 1.75. The van der Waals surface area contributed by atoms with E-state index < -0.39 is 0 Å². The fourth-order valence-corrected chi connectivity index (χ4v) is 1.98. The Morgan fingerprint density at radius 2 is 2.12 bits per heavy atom. The molecule has 0 aliphatic carbocycles. The lowest BCUT2D eigenvalue weighted by molar-refractivity contribution is -0.120. The summed E-state index contributed by atoms with van der Waals surface area (Å²) in [6, 6.07) is 9.34. The summed E-state index contributed by atoms with van der Waals surface area (Å²) >= 11 is 0. The Labute approximate surface area is 98.4 Å². The Morgan fingerprint density at radius 3 is 2.88 bits per heavy atom. The van der Waals surface area contributed by atoms with Crippen LogP contribution in [0.3, 0.4) is 0 Å². The van der Waals surface area contributed by atoms with E-state index in [0.717, 1.165) is 17.0 Å². The third-order valence-electron chi connectivity index (χ3n) is 2.85. The largest absolute Gasteiger partial charge is 0.482 e. The van der Waals surface area contributed by atoms with E-state index in [1.807, 2.05) is 30.3 Å². The number of fused-ring (bicyclic) bond motifs is 1. The second-order valence-electron chi connectivity index (χ2n) is 3.87. The average molecular weight is 229 g/mol. The van der Waals surface area contributed by atoms with Crippen LogP contribution in [0.2, 0.25) is 0 Å². The van der Waals surface area contributed by atoms with Crippen LogP contribution in [0.15, 0.2) is 41.0 Å². The number of hydrogen-bond donors (Lipinski definition) is 0. The van der Waals surface area contributed by atoms with Crippen molar-refractivity contribution in [1.82, 2.24) is 0 Å². The fourth-order valence-electron chi connectivity index (χ4n) is 1.98. The molecule has 0 radical (unpaired) electrons. The molecule has 1 aromatic heterocycles. The first kappa shape index (κ1) is 9.96. The molecule has 0 atom stereocenters. The number of para-hydroxylation sites is 1. The number of hydrogen-bond acceptors (Lipinski definition) is 3. The summed E-state index contributed by atoms with van der Waals surface area (Å²) in [4.78, 5) is 13.3. The molecule has 86 valence electrons. The standard InChI is InChI=1S/C13H11NO3/c1-14-12(15)8-17-11-5-2-4-9(13(11)14)10-6-3-7-16-10/h2-7H,8H2,1H3. The van der Waals surface area contributed by atoms with Crippen LogP contribution in [-0.2, 0) is 4.79 Å². The van der Waals surface area contributed by atoms with E-state index in [1.54, 1.807) is 18.2 Å². The highest BCUT2D eigenvalue weighted by molar-refractivity contribution is 6.01. The smallest absolute Gasteiger partial charge is 0.264 e. The van der Waals surface area contributed by atoms with Crippen molar-refractivity contribution in [3.8, 4) is 17.1 Å². The first-order valence-electron chi connectivity index (χ1n) is 5.33. The highest BCUT2D eigenvalue weighted by atomic mass is 16.5. The van der Waals surface area contributed by atoms with Crippen LogP contribution >= 0.6 is 0 Å². The summed E-state index contributed by atoms with van der Waals surface area (Å²) in [5, 5.41) is 0. The molecule has 4 nitrogen and oxygen atoms in total. The van der Waals surface area contributed by atoms with Gasteiger partial charge in [0.05, 0.1) is 12.0 Å². The normalized spacial score (nSPS) is 14.4. The Balaban J connectivity index is 2.21. The Hall–Kier alpha value is -2.23. The summed E-state index contributed by atoms with van der Waals surface area (Å²) in [5.41, 5.74) is 1.63. The molecule has 0 bridgehead atoms. The van der Waals surface area contributed by atoms with Crippen molar-refractivity contribution in [2.45, 2.75) is 0 Å². The van der Waals surface area contributed by atoms with Gasteiger partial charge in [0.25, 0.3) is 5.91 Å². The van der Waals surface area contributed by atoms with Crippen LogP contribution in [0.4, 0.5) is 5.69 Å². The van der Waals surface area contributed by atoms with Crippen LogP contribution in [0.25, 0.3) is 11.3 Å². The zero-order valence-corrected chi connectivity index (χ0v) is 9.34. The maximum atomic E-state index is 11.6. The van der Waals surface area contributed by atoms with E-state index in [0.29, 0.717) is 5.75 Å². The van der Waals surface area contributed by atoms with Gasteiger partial charge in [0.2, 0.25) is 0 Å². The highest BCUT2D eigenvalue weighted by Crippen LogP contribution is 2.40. The zero-order chi connectivity index (χ0) is 11.8. The van der Waals surface area contributed by atoms with Crippen molar-refractivity contribution in [2.24, 2.45) is 0 Å². The number of benzene rings is 1. The number of likely N-dealkylation sites (N-methyl/N-ethyl adjacent to an activating group) is 1. The lowest BCUT2D eigenvalue weighted by atomic mass is 10.1. The van der Waals surface area contributed by atoms with Crippen molar-refractivity contribution in [2.75, 3.05) is 18.6 Å². The van der Waals surface area contributed by atoms with Gasteiger partial charge in [0.15, 0.2) is 6.61 Å². The molecule has 0 saturated heterocycles. The number of ether oxygens (including phenoxy) is 1. The number of nitrogens with zero attached hydrogens (tertiary/aromatic N) is 1. The molecule has 2 aromatic rings. The molecule has 4 heteroatoms. The van der Waals surface area contributed by atoms with Gasteiger partial charge in [-0.1, -0.05) is 6.07 Å². The lowest BCUT2D eigenvalue weighted by Gasteiger charge is -2.27. The van der Waals surface area contributed by atoms with Gasteiger partial charge in [0.1, 0.15) is 11.5 Å². The highest BCUT2D eigenvalue weighted by Gasteiger charge is 2.25. The molecule has 1 aliphatic rings. The minimum absolute atomic E-state index is 0.0588. The Morgan fingerprint density at radius 1 is 1.24 bits per heavy atom. The Kier molecular flexibility index (Phi) is 2.14. The predicted octanol–water partition coefficient (Wildman–Crippen LogP) is 2.30. The number of rotatable bonds is 1. The van der Waals surface area contributed by atoms with Crippen LogP contribution < -0.4 is 9.64 Å². The van der Waals surface area contributed by atoms with E-state index in [2.05, 4.69) is 0 Å². The van der Waals surface area contributed by atoms with Gasteiger partial charge in [-0.2, -0.15) is 0 Å². The molecule has 1 amide bonds. The number of carbonyl (C=O) groups is 1. The molecular weight excluding hydrogens is 218 g/mol. The number of furan rings is 1. The molecule has 17 heavy (non-hydrogen) atoms. The maximum Gasteiger partial charge on any atom is 0.264 e. The van der Waals surface area contributed by atoms with Crippen molar-refractivity contribution in [3.05, 3.63) is 36.6 Å². The summed E-state index contributed by atoms with van der Waals surface area (Å²) in [6.45, 7) is 0.0884. The molecule has 0 fully saturated rings. The van der Waals surface area contributed by atoms with E-state index in [-0.39, 0.29) is 12.5 Å². The average Bonchev–Trinajstić information content (AvgIpc) is 2.87. The number of amides is 1. The van der Waals surface area contributed by atoms with Crippen LogP contribution in [0, 0.1) is 0 Å². The lowest BCUT2D eigenvalue weighted by Crippen LogP contribution is -2.35. The molecule has 0 spiro atoms. The molecule has 0 unspecified atom stereocenters. The van der Waals surface area contributed by atoms with Crippen LogP contribution in [0.1, 0.15) is 0 Å². The van der Waals surface area contributed by atoms with Gasteiger partial charge in [0, 0.05) is 12.6 Å². The van der Waals surface area contributed by atoms with E-state index in [1.165, 1.54) is 0 Å². The first-order valence-corrected chi connectivity index (χ1v) is 5.33. The zero-order valence-electron chi connectivity index (χ0n) is 9.34. The summed E-state index contributed by atoms with van der Waals surface area (Å²) in [5.74, 6) is 1.38. The number of carbonyl (C=O) groups excluding carboxylic acids is 1. The first-order chi connectivity index (χ1) is 8.27. The molecule has 1 aliphatic heterocycles. The fraction of sp³-hybridized carbons (Fsp3) is 0.154. The quantitative estimate of drug-likeness (QED) is 0.753. The molecule has 0 saturated carbocycles. The SMILES string of the molecule is CN1C(=O)COc2cccc(-c3ccco3)c21. The van der Waals surface area contributed by atoms with Crippen molar-refractivity contribution < 1.29 is 13.9 Å². The minimum Gasteiger partial charge on any atom is -0.482 e. The number of anilines is 1. The van der Waals surface area contributed by atoms with Gasteiger partial charge >= 0.3 is 0 Å². The van der Waals surface area contributed by atoms with E-state index >= 15 is 0 Å². The predicted molar refractivity (Wildman–Crippen MR) is 63.0 cm³/mol. The molecule has 1 aromatic carbocycles. The van der Waals surface area contributed by atoms with Gasteiger partial charge in [-0.05, 0) is 24.3 Å². The van der Waals surface area contributed by atoms with Crippen molar-refractivity contribution in [1.29, 1.82) is 0 Å². The Bertz CT molecular complexity index is 560. The topological polar surface area (TPSA) is 42.7 Å². The van der Waals surface area contributed by atoms with Crippen molar-refractivity contribution in [3.63, 3.8) is 0 Å². The molecule has 2 heterocycles. The molecular formula is C13H11NO3. The van der Waals surface area contributed by atoms with Crippen molar-refractivity contribution >= 4 is 11.6 Å². The van der Waals surface area contributed by atoms with E-state index in [9.17, 15) is 4.79 Å². The second kappa shape index (κ2) is 3.66. The second-order valence-corrected chi connectivity index (χ2v) is 3.87. The maximum absolute atomic E-state index is 11.6. The third kappa shape index (κ3) is 1.49. The van der Waals surface area contributed by atoms with Gasteiger partial charge in [-0.15, -0.1) is 0 Å². The van der Waals surface area contributed by atoms with Crippen LogP contribution in [0.5, 0.6) is 5.75 Å². The van der Waals surface area contributed by atoms with Gasteiger partial charge < -0.3 is 14.1 Å².